The quantitative estimate of drug-likeness (QED) is 0.245. The molecule has 1 saturated heterocycles. The molecular formula is C30H33ClN4OS. The molecule has 0 bridgehead atoms. The van der Waals surface area contributed by atoms with Crippen LogP contribution in [0, 0.1) is 6.92 Å². The summed E-state index contributed by atoms with van der Waals surface area (Å²) in [5, 5.41) is 3.95. The zero-order valence-electron chi connectivity index (χ0n) is 21.4. The molecule has 1 aliphatic heterocycles. The van der Waals surface area contributed by atoms with Gasteiger partial charge in [-0.1, -0.05) is 60.1 Å². The number of rotatable bonds is 8. The number of halogens is 1. The van der Waals surface area contributed by atoms with Crippen LogP contribution in [0.4, 0.5) is 5.69 Å². The number of para-hydroxylation sites is 2. The Labute approximate surface area is 228 Å². The number of hydrogen-bond donors (Lipinski definition) is 1. The fourth-order valence-corrected chi connectivity index (χ4v) is 6.05. The summed E-state index contributed by atoms with van der Waals surface area (Å²) in [7, 11) is 0. The zero-order valence-corrected chi connectivity index (χ0v) is 23.0. The largest absolute Gasteiger partial charge is 0.324 e. The maximum atomic E-state index is 13.1. The van der Waals surface area contributed by atoms with Crippen LogP contribution in [0.25, 0.3) is 16.7 Å². The first kappa shape index (κ1) is 25.8. The number of aryl methyl sites for hydroxylation is 1. The van der Waals surface area contributed by atoms with Gasteiger partial charge in [-0.25, -0.2) is 4.98 Å². The highest BCUT2D eigenvalue weighted by molar-refractivity contribution is 8.00. The van der Waals surface area contributed by atoms with Gasteiger partial charge in [0, 0.05) is 12.2 Å². The van der Waals surface area contributed by atoms with Crippen molar-refractivity contribution in [2.45, 2.75) is 49.9 Å². The molecule has 4 aromatic rings. The third-order valence-electron chi connectivity index (χ3n) is 6.90. The van der Waals surface area contributed by atoms with Gasteiger partial charge in [-0.3, -0.25) is 9.36 Å². The Bertz CT molecular complexity index is 1400. The third kappa shape index (κ3) is 6.20. The molecule has 3 aromatic carbocycles. The number of piperidine rings is 1. The number of carbonyl (C=O) groups is 1. The number of amides is 1. The monoisotopic (exact) mass is 532 g/mol. The Hall–Kier alpha value is -2.80. The number of thioether (sulfide) groups is 1. The van der Waals surface area contributed by atoms with Crippen LogP contribution in [0.1, 0.15) is 37.3 Å². The lowest BCUT2D eigenvalue weighted by Crippen LogP contribution is -2.31. The first-order valence-corrected chi connectivity index (χ1v) is 14.3. The number of nitrogens with one attached hydrogen (secondary N) is 1. The lowest BCUT2D eigenvalue weighted by molar-refractivity contribution is -0.115. The molecule has 1 unspecified atom stereocenters. The minimum Gasteiger partial charge on any atom is -0.324 e. The molecule has 0 radical (unpaired) electrons. The molecule has 0 spiro atoms. The van der Waals surface area contributed by atoms with Crippen molar-refractivity contribution in [3.8, 4) is 5.69 Å². The van der Waals surface area contributed by atoms with Crippen molar-refractivity contribution < 1.29 is 4.79 Å². The van der Waals surface area contributed by atoms with E-state index in [2.05, 4.69) is 45.1 Å². The molecule has 1 aromatic heterocycles. The van der Waals surface area contributed by atoms with Crippen molar-refractivity contribution >= 4 is 46.0 Å². The Balaban J connectivity index is 1.38. The van der Waals surface area contributed by atoms with Crippen LogP contribution in [0.3, 0.4) is 0 Å². The molecular weight excluding hydrogens is 500 g/mol. The van der Waals surface area contributed by atoms with Crippen molar-refractivity contribution in [1.82, 2.24) is 14.5 Å². The molecule has 0 aliphatic carbocycles. The molecule has 7 heteroatoms. The van der Waals surface area contributed by atoms with Crippen LogP contribution in [-0.4, -0.2) is 45.2 Å². The molecule has 5 nitrogen and oxygen atoms in total. The summed E-state index contributed by atoms with van der Waals surface area (Å²) < 4.78 is 2.17. The first-order chi connectivity index (χ1) is 18.0. The predicted octanol–water partition coefficient (Wildman–Crippen LogP) is 7.14. The number of fused-ring (bicyclic) bond motifs is 1. The molecule has 0 saturated carbocycles. The lowest BCUT2D eigenvalue weighted by atomic mass is 10.1. The fraction of sp³-hybridized carbons (Fsp3) is 0.333. The maximum Gasteiger partial charge on any atom is 0.237 e. The summed E-state index contributed by atoms with van der Waals surface area (Å²) in [6.45, 7) is 7.39. The zero-order chi connectivity index (χ0) is 25.8. The van der Waals surface area contributed by atoms with Gasteiger partial charge in [-0.05, 0) is 93.7 Å². The van der Waals surface area contributed by atoms with E-state index in [0.717, 1.165) is 40.4 Å². The highest BCUT2D eigenvalue weighted by atomic mass is 35.5. The highest BCUT2D eigenvalue weighted by Crippen LogP contribution is 2.32. The highest BCUT2D eigenvalue weighted by Gasteiger charge is 2.21. The molecule has 5 rings (SSSR count). The Morgan fingerprint density at radius 2 is 1.86 bits per heavy atom. The maximum absolute atomic E-state index is 13.1. The molecule has 192 valence electrons. The van der Waals surface area contributed by atoms with Crippen LogP contribution in [0.5, 0.6) is 0 Å². The summed E-state index contributed by atoms with van der Waals surface area (Å²) in [5.41, 5.74) is 6.01. The van der Waals surface area contributed by atoms with Crippen LogP contribution in [0.15, 0.2) is 71.9 Å². The van der Waals surface area contributed by atoms with Crippen LogP contribution in [-0.2, 0) is 11.2 Å². The molecule has 1 amide bonds. The average molecular weight is 533 g/mol. The van der Waals surface area contributed by atoms with E-state index in [-0.39, 0.29) is 11.2 Å². The number of anilines is 1. The number of benzene rings is 3. The predicted molar refractivity (Wildman–Crippen MR) is 155 cm³/mol. The van der Waals surface area contributed by atoms with E-state index in [4.69, 9.17) is 16.6 Å². The minimum atomic E-state index is -0.366. The summed E-state index contributed by atoms with van der Waals surface area (Å²) in [6, 6.07) is 22.5. The smallest absolute Gasteiger partial charge is 0.237 e. The molecule has 1 N–H and O–H groups in total. The number of likely N-dealkylation sites (tertiary alicyclic amines) is 1. The van der Waals surface area contributed by atoms with E-state index in [0.29, 0.717) is 10.7 Å². The van der Waals surface area contributed by atoms with E-state index >= 15 is 0 Å². The van der Waals surface area contributed by atoms with Gasteiger partial charge in [-0.15, -0.1) is 0 Å². The van der Waals surface area contributed by atoms with Gasteiger partial charge < -0.3 is 10.2 Å². The Kier molecular flexibility index (Phi) is 8.18. The van der Waals surface area contributed by atoms with Gasteiger partial charge in [0.05, 0.1) is 27.0 Å². The minimum absolute atomic E-state index is 0.107. The summed E-state index contributed by atoms with van der Waals surface area (Å²) >= 11 is 7.80. The van der Waals surface area contributed by atoms with Gasteiger partial charge in [0.1, 0.15) is 0 Å². The summed E-state index contributed by atoms with van der Waals surface area (Å²) in [6.07, 6.45) is 5.00. The van der Waals surface area contributed by atoms with Crippen molar-refractivity contribution in [2.75, 3.05) is 25.0 Å². The van der Waals surface area contributed by atoms with E-state index in [1.54, 1.807) is 0 Å². The van der Waals surface area contributed by atoms with Crippen LogP contribution >= 0.6 is 23.4 Å². The second-order valence-electron chi connectivity index (χ2n) is 9.77. The van der Waals surface area contributed by atoms with Crippen molar-refractivity contribution in [3.63, 3.8) is 0 Å². The topological polar surface area (TPSA) is 50.2 Å². The van der Waals surface area contributed by atoms with Crippen LogP contribution in [0.2, 0.25) is 5.02 Å². The Morgan fingerprint density at radius 3 is 2.68 bits per heavy atom. The van der Waals surface area contributed by atoms with E-state index < -0.39 is 0 Å². The standard InChI is InChI=1S/C30H33ClN4OS/c1-21-13-14-26(25(31)19-21)32-29(36)22(2)37-30-33-27-11-4-5-12-28(27)35(30)24-10-8-9-23(20-24)15-18-34-16-6-3-7-17-34/h4-5,8-14,19-20,22H,3,6-7,15-18H2,1-2H3,(H,32,36). The number of nitrogens with zero attached hydrogens (tertiary/aromatic N) is 3. The van der Waals surface area contributed by atoms with Gasteiger partial charge in [0.25, 0.3) is 0 Å². The molecule has 37 heavy (non-hydrogen) atoms. The average Bonchev–Trinajstić information content (AvgIpc) is 3.27. The number of hydrogen-bond acceptors (Lipinski definition) is 4. The second kappa shape index (κ2) is 11.7. The van der Waals surface area contributed by atoms with Crippen molar-refractivity contribution in [2.24, 2.45) is 0 Å². The summed E-state index contributed by atoms with van der Waals surface area (Å²) in [5.74, 6) is -0.107. The van der Waals surface area contributed by atoms with Gasteiger partial charge >= 0.3 is 0 Å². The SMILES string of the molecule is Cc1ccc(NC(=O)C(C)Sc2nc3ccccc3n2-c2cccc(CCN3CCCCC3)c2)c(Cl)c1. The van der Waals surface area contributed by atoms with Gasteiger partial charge in [0.2, 0.25) is 5.91 Å². The summed E-state index contributed by atoms with van der Waals surface area (Å²) in [4.78, 5) is 20.6. The molecule has 1 aliphatic rings. The van der Waals surface area contributed by atoms with E-state index in [9.17, 15) is 4.79 Å². The second-order valence-corrected chi connectivity index (χ2v) is 11.5. The third-order valence-corrected chi connectivity index (χ3v) is 8.26. The fourth-order valence-electron chi connectivity index (χ4n) is 4.82. The number of carbonyl (C=O) groups excluding carboxylic acids is 1. The van der Waals surface area contributed by atoms with E-state index in [1.165, 1.54) is 49.7 Å². The van der Waals surface area contributed by atoms with Crippen LogP contribution < -0.4 is 5.32 Å². The van der Waals surface area contributed by atoms with Crippen molar-refractivity contribution in [3.05, 3.63) is 82.9 Å². The molecule has 1 atom stereocenters. The number of aromatic nitrogens is 2. The molecule has 2 heterocycles. The first-order valence-electron chi connectivity index (χ1n) is 13.0. The van der Waals surface area contributed by atoms with Crippen molar-refractivity contribution in [1.29, 1.82) is 0 Å². The normalized spacial score (nSPS) is 15.1. The number of imidazole rings is 1. The lowest BCUT2D eigenvalue weighted by Gasteiger charge is -2.26. The van der Waals surface area contributed by atoms with E-state index in [1.807, 2.05) is 50.2 Å². The molecule has 1 fully saturated rings. The van der Waals surface area contributed by atoms with Gasteiger partial charge in [0.15, 0.2) is 5.16 Å². The van der Waals surface area contributed by atoms with Gasteiger partial charge in [-0.2, -0.15) is 0 Å². The Morgan fingerprint density at radius 1 is 1.05 bits per heavy atom.